The van der Waals surface area contributed by atoms with Gasteiger partial charge in [-0.3, -0.25) is 9.36 Å². The van der Waals surface area contributed by atoms with E-state index in [2.05, 4.69) is 36.2 Å². The van der Waals surface area contributed by atoms with Gasteiger partial charge in [-0.25, -0.2) is 0 Å². The van der Waals surface area contributed by atoms with Crippen molar-refractivity contribution in [2.75, 3.05) is 5.75 Å². The molecule has 2 aromatic rings. The molecule has 0 bridgehead atoms. The molecule has 0 unspecified atom stereocenters. The van der Waals surface area contributed by atoms with Gasteiger partial charge < -0.3 is 5.11 Å². The number of hydrogen-bond acceptors (Lipinski definition) is 4. The fourth-order valence-electron chi connectivity index (χ4n) is 2.30. The second-order valence-electron chi connectivity index (χ2n) is 4.71. The van der Waals surface area contributed by atoms with Crippen molar-refractivity contribution in [3.05, 3.63) is 35.2 Å². The molecule has 0 radical (unpaired) electrons. The van der Waals surface area contributed by atoms with Gasteiger partial charge in [0.25, 0.3) is 0 Å². The van der Waals surface area contributed by atoms with Crippen LogP contribution in [0.5, 0.6) is 0 Å². The van der Waals surface area contributed by atoms with E-state index in [1.54, 1.807) is 0 Å². The Bertz CT molecular complexity index is 652. The van der Waals surface area contributed by atoms with Crippen molar-refractivity contribution >= 4 is 17.7 Å². The van der Waals surface area contributed by atoms with Crippen molar-refractivity contribution in [1.29, 1.82) is 0 Å². The van der Waals surface area contributed by atoms with Gasteiger partial charge in [0.15, 0.2) is 5.16 Å². The molecule has 6 heteroatoms. The quantitative estimate of drug-likeness (QED) is 0.831. The van der Waals surface area contributed by atoms with Crippen LogP contribution in [0, 0.1) is 6.92 Å². The third kappa shape index (κ3) is 3.26. The first-order chi connectivity index (χ1) is 10.1. The minimum Gasteiger partial charge on any atom is -0.481 e. The van der Waals surface area contributed by atoms with Crippen LogP contribution in [0.1, 0.15) is 30.8 Å². The van der Waals surface area contributed by atoms with E-state index in [4.69, 9.17) is 5.11 Å². The average molecular weight is 305 g/mol. The lowest BCUT2D eigenvalue weighted by molar-refractivity contribution is -0.133. The predicted octanol–water partition coefficient (Wildman–Crippen LogP) is 2.88. The summed E-state index contributed by atoms with van der Waals surface area (Å²) < 4.78 is 2.00. The Hall–Kier alpha value is -1.82. The van der Waals surface area contributed by atoms with Gasteiger partial charge in [-0.05, 0) is 24.5 Å². The standard InChI is InChI=1S/C15H19N3O2S/c1-4-11-8-6-7-10(3)14(11)18-12(5-2)16-17-15(18)21-9-13(19)20/h6-8H,4-5,9H2,1-3H3,(H,19,20). The summed E-state index contributed by atoms with van der Waals surface area (Å²) in [6, 6.07) is 6.19. The zero-order valence-corrected chi connectivity index (χ0v) is 13.3. The Kier molecular flexibility index (Phi) is 5.01. The van der Waals surface area contributed by atoms with Crippen LogP contribution in [0.4, 0.5) is 0 Å². The highest BCUT2D eigenvalue weighted by Gasteiger charge is 2.18. The van der Waals surface area contributed by atoms with Crippen LogP contribution >= 0.6 is 11.8 Å². The Morgan fingerprint density at radius 2 is 2.05 bits per heavy atom. The monoisotopic (exact) mass is 305 g/mol. The van der Waals surface area contributed by atoms with Crippen LogP contribution in [0.3, 0.4) is 0 Å². The van der Waals surface area contributed by atoms with Gasteiger partial charge in [0.05, 0.1) is 11.4 Å². The number of carbonyl (C=O) groups is 1. The van der Waals surface area contributed by atoms with E-state index < -0.39 is 5.97 Å². The van der Waals surface area contributed by atoms with Crippen LogP contribution in [0.15, 0.2) is 23.4 Å². The van der Waals surface area contributed by atoms with E-state index in [0.717, 1.165) is 29.9 Å². The van der Waals surface area contributed by atoms with Gasteiger partial charge >= 0.3 is 5.97 Å². The van der Waals surface area contributed by atoms with E-state index >= 15 is 0 Å². The van der Waals surface area contributed by atoms with Gasteiger partial charge in [0.2, 0.25) is 0 Å². The van der Waals surface area contributed by atoms with E-state index in [1.807, 2.05) is 17.6 Å². The number of hydrogen-bond donors (Lipinski definition) is 1. The molecule has 0 spiro atoms. The molecule has 112 valence electrons. The number of nitrogens with zero attached hydrogens (tertiary/aromatic N) is 3. The topological polar surface area (TPSA) is 68.0 Å². The van der Waals surface area contributed by atoms with Gasteiger partial charge in [-0.2, -0.15) is 0 Å². The molecule has 2 rings (SSSR count). The zero-order chi connectivity index (χ0) is 15.4. The summed E-state index contributed by atoms with van der Waals surface area (Å²) in [4.78, 5) is 10.8. The molecular formula is C15H19N3O2S. The lowest BCUT2D eigenvalue weighted by Crippen LogP contribution is -2.08. The highest BCUT2D eigenvalue weighted by molar-refractivity contribution is 7.99. The van der Waals surface area contributed by atoms with E-state index in [0.29, 0.717) is 5.16 Å². The number of rotatable bonds is 6. The second-order valence-corrected chi connectivity index (χ2v) is 5.65. The Labute approximate surface area is 128 Å². The molecule has 0 atom stereocenters. The largest absolute Gasteiger partial charge is 0.481 e. The van der Waals surface area contributed by atoms with Crippen LogP contribution in [-0.4, -0.2) is 31.6 Å². The number of carboxylic acid groups (broad SMARTS) is 1. The van der Waals surface area contributed by atoms with E-state index in [1.165, 1.54) is 17.3 Å². The molecule has 0 fully saturated rings. The molecule has 0 aliphatic carbocycles. The maximum atomic E-state index is 10.8. The predicted molar refractivity (Wildman–Crippen MR) is 83.2 cm³/mol. The lowest BCUT2D eigenvalue weighted by Gasteiger charge is -2.16. The Balaban J connectivity index is 2.56. The van der Waals surface area contributed by atoms with Gasteiger partial charge in [0, 0.05) is 6.42 Å². The molecule has 1 aromatic heterocycles. The van der Waals surface area contributed by atoms with Gasteiger partial charge in [0.1, 0.15) is 5.82 Å². The summed E-state index contributed by atoms with van der Waals surface area (Å²) >= 11 is 1.20. The molecule has 5 nitrogen and oxygen atoms in total. The summed E-state index contributed by atoms with van der Waals surface area (Å²) in [7, 11) is 0. The highest BCUT2D eigenvalue weighted by Crippen LogP contribution is 2.27. The maximum absolute atomic E-state index is 10.8. The van der Waals surface area contributed by atoms with Crippen molar-refractivity contribution in [3.8, 4) is 5.69 Å². The number of carboxylic acids is 1. The number of aliphatic carboxylic acids is 1. The molecule has 0 amide bonds. The summed E-state index contributed by atoms with van der Waals surface area (Å²) in [6.45, 7) is 6.19. The van der Waals surface area contributed by atoms with E-state index in [9.17, 15) is 4.79 Å². The van der Waals surface area contributed by atoms with Crippen LogP contribution < -0.4 is 0 Å². The average Bonchev–Trinajstić information content (AvgIpc) is 2.87. The van der Waals surface area contributed by atoms with Crippen molar-refractivity contribution < 1.29 is 9.90 Å². The molecule has 0 aliphatic rings. The van der Waals surface area contributed by atoms with Crippen molar-refractivity contribution in [2.45, 2.75) is 38.8 Å². The Morgan fingerprint density at radius 1 is 1.29 bits per heavy atom. The third-order valence-corrected chi connectivity index (χ3v) is 4.18. The molecule has 1 N–H and O–H groups in total. The first-order valence-corrected chi connectivity index (χ1v) is 7.94. The first kappa shape index (κ1) is 15.6. The van der Waals surface area contributed by atoms with Crippen LogP contribution in [0.2, 0.25) is 0 Å². The molecule has 1 aromatic carbocycles. The fourth-order valence-corrected chi connectivity index (χ4v) is 2.98. The summed E-state index contributed by atoms with van der Waals surface area (Å²) in [5, 5.41) is 17.9. The normalized spacial score (nSPS) is 10.8. The van der Waals surface area contributed by atoms with Crippen molar-refractivity contribution in [3.63, 3.8) is 0 Å². The van der Waals surface area contributed by atoms with Crippen LogP contribution in [0.25, 0.3) is 5.69 Å². The van der Waals surface area contributed by atoms with Crippen molar-refractivity contribution in [2.24, 2.45) is 0 Å². The Morgan fingerprint density at radius 3 is 2.67 bits per heavy atom. The summed E-state index contributed by atoms with van der Waals surface area (Å²) in [6.07, 6.45) is 1.65. The molecule has 1 heterocycles. The highest BCUT2D eigenvalue weighted by atomic mass is 32.2. The fraction of sp³-hybridized carbons (Fsp3) is 0.400. The second kappa shape index (κ2) is 6.76. The van der Waals surface area contributed by atoms with Gasteiger partial charge in [-0.1, -0.05) is 43.8 Å². The summed E-state index contributed by atoms with van der Waals surface area (Å²) in [5.41, 5.74) is 3.43. The van der Waals surface area contributed by atoms with Gasteiger partial charge in [-0.15, -0.1) is 10.2 Å². The maximum Gasteiger partial charge on any atom is 0.313 e. The first-order valence-electron chi connectivity index (χ1n) is 6.96. The number of thioether (sulfide) groups is 1. The number of aryl methyl sites for hydroxylation is 3. The minimum absolute atomic E-state index is 0.0187. The number of benzene rings is 1. The zero-order valence-electron chi connectivity index (χ0n) is 12.5. The smallest absolute Gasteiger partial charge is 0.313 e. The van der Waals surface area contributed by atoms with Crippen molar-refractivity contribution in [1.82, 2.24) is 14.8 Å². The molecular weight excluding hydrogens is 286 g/mol. The molecule has 0 saturated heterocycles. The molecule has 0 aliphatic heterocycles. The SMILES string of the molecule is CCc1cccc(C)c1-n1c(CC)nnc1SCC(=O)O. The number of aromatic nitrogens is 3. The molecule has 0 saturated carbocycles. The van der Waals surface area contributed by atoms with E-state index in [-0.39, 0.29) is 5.75 Å². The number of para-hydroxylation sites is 1. The third-order valence-electron chi connectivity index (χ3n) is 3.27. The summed E-state index contributed by atoms with van der Waals surface area (Å²) in [5.74, 6) is -0.0187. The lowest BCUT2D eigenvalue weighted by atomic mass is 10.1. The minimum atomic E-state index is -0.854. The molecule has 21 heavy (non-hydrogen) atoms. The van der Waals surface area contributed by atoms with Crippen LogP contribution in [-0.2, 0) is 17.6 Å².